The number of benzene rings is 2. The third-order valence-electron chi connectivity index (χ3n) is 6.88. The zero-order valence-electron chi connectivity index (χ0n) is 17.3. The van der Waals surface area contributed by atoms with Crippen molar-refractivity contribution in [2.24, 2.45) is 0 Å². The molecule has 0 aromatic heterocycles. The largest absolute Gasteiger partial charge is 0.467 e. The van der Waals surface area contributed by atoms with Gasteiger partial charge in [0.15, 0.2) is 0 Å². The number of rotatable bonds is 4. The Bertz CT molecular complexity index is 1010. The normalized spacial score (nSPS) is 28.5. The fraction of sp³-hybridized carbons (Fsp3) is 0.417. The number of carbonyl (C=O) groups is 2. The van der Waals surface area contributed by atoms with Crippen LogP contribution in [0.1, 0.15) is 42.7 Å². The summed E-state index contributed by atoms with van der Waals surface area (Å²) < 4.78 is 23.1. The number of carbonyl (C=O) groups excluding carboxylic acids is 2. The maximum absolute atomic E-state index is 12.8. The van der Waals surface area contributed by atoms with Gasteiger partial charge in [-0.05, 0) is 47.9 Å². The van der Waals surface area contributed by atoms with Gasteiger partial charge in [-0.3, -0.25) is 4.21 Å². The van der Waals surface area contributed by atoms with Gasteiger partial charge in [0.1, 0.15) is 12.1 Å². The summed E-state index contributed by atoms with van der Waals surface area (Å²) in [6, 6.07) is 16.3. The minimum absolute atomic E-state index is 0.0535. The van der Waals surface area contributed by atoms with Gasteiger partial charge in [0.05, 0.1) is 7.11 Å². The van der Waals surface area contributed by atoms with Crippen molar-refractivity contribution >= 4 is 22.9 Å². The van der Waals surface area contributed by atoms with E-state index in [0.29, 0.717) is 12.8 Å². The van der Waals surface area contributed by atoms with Crippen molar-refractivity contribution in [3.63, 3.8) is 0 Å². The van der Waals surface area contributed by atoms with Gasteiger partial charge in [-0.2, -0.15) is 0 Å². The molecule has 1 aliphatic carbocycles. The first-order valence-electron chi connectivity index (χ1n) is 10.6. The van der Waals surface area contributed by atoms with Gasteiger partial charge < -0.3 is 14.8 Å². The Morgan fingerprint density at radius 1 is 1.00 bits per heavy atom. The van der Waals surface area contributed by atoms with Crippen molar-refractivity contribution in [1.82, 2.24) is 5.32 Å². The minimum Gasteiger partial charge on any atom is -0.467 e. The fourth-order valence-electron chi connectivity index (χ4n) is 5.45. The maximum atomic E-state index is 12.8. The molecule has 1 N–H and O–H groups in total. The molecule has 5 rings (SSSR count). The lowest BCUT2D eigenvalue weighted by Crippen LogP contribution is -2.60. The van der Waals surface area contributed by atoms with Gasteiger partial charge in [0.2, 0.25) is 0 Å². The lowest BCUT2D eigenvalue weighted by molar-refractivity contribution is -0.149. The van der Waals surface area contributed by atoms with E-state index < -0.39 is 28.4 Å². The quantitative estimate of drug-likeness (QED) is 0.738. The Hall–Kier alpha value is -2.67. The SMILES string of the molecule is COC(=O)C1(NC(=O)OCC2c3ccccc3-c3ccccc32)CC2CCC(C1)S2=O. The number of fused-ring (bicyclic) bond motifs is 5. The van der Waals surface area contributed by atoms with E-state index in [-0.39, 0.29) is 23.0 Å². The highest BCUT2D eigenvalue weighted by atomic mass is 32.2. The van der Waals surface area contributed by atoms with Gasteiger partial charge in [-0.25, -0.2) is 9.59 Å². The number of alkyl carbamates (subject to hydrolysis) is 1. The van der Waals surface area contributed by atoms with Crippen molar-refractivity contribution in [3.05, 3.63) is 59.7 Å². The van der Waals surface area contributed by atoms with Crippen LogP contribution in [0.25, 0.3) is 11.1 Å². The predicted molar refractivity (Wildman–Crippen MR) is 117 cm³/mol. The van der Waals surface area contributed by atoms with Crippen LogP contribution in [0.3, 0.4) is 0 Å². The molecule has 2 saturated heterocycles. The second-order valence-electron chi connectivity index (χ2n) is 8.58. The van der Waals surface area contributed by atoms with E-state index in [1.165, 1.54) is 7.11 Å². The Morgan fingerprint density at radius 2 is 1.55 bits per heavy atom. The van der Waals surface area contributed by atoms with Crippen LogP contribution in [0.5, 0.6) is 0 Å². The van der Waals surface area contributed by atoms with Crippen LogP contribution in [-0.4, -0.2) is 46.0 Å². The summed E-state index contributed by atoms with van der Waals surface area (Å²) in [6.07, 6.45) is 1.63. The number of methoxy groups -OCH3 is 1. The van der Waals surface area contributed by atoms with E-state index in [9.17, 15) is 13.8 Å². The zero-order chi connectivity index (χ0) is 21.6. The molecule has 1 amide bonds. The molecule has 2 bridgehead atoms. The molecule has 2 aromatic carbocycles. The molecule has 7 heteroatoms. The molecule has 6 nitrogen and oxygen atoms in total. The van der Waals surface area contributed by atoms with E-state index in [0.717, 1.165) is 35.1 Å². The van der Waals surface area contributed by atoms with Crippen LogP contribution in [0, 0.1) is 0 Å². The summed E-state index contributed by atoms with van der Waals surface area (Å²) in [5.41, 5.74) is 3.40. The second-order valence-corrected chi connectivity index (χ2v) is 10.6. The van der Waals surface area contributed by atoms with Crippen molar-refractivity contribution in [2.45, 2.75) is 47.6 Å². The molecular formula is C24H25NO5S. The summed E-state index contributed by atoms with van der Waals surface area (Å²) in [6.45, 7) is 0.176. The van der Waals surface area contributed by atoms with E-state index >= 15 is 0 Å². The standard InChI is InChI=1S/C24H25NO5S/c1-29-22(26)24(12-15-10-11-16(13-24)31(15)28)25-23(27)30-14-21-19-8-4-2-6-17(19)18-7-3-5-9-20(18)21/h2-9,15-16,21H,10-14H2,1H3,(H,25,27). The topological polar surface area (TPSA) is 81.7 Å². The molecule has 2 fully saturated rings. The van der Waals surface area contributed by atoms with Crippen LogP contribution >= 0.6 is 0 Å². The molecule has 0 radical (unpaired) electrons. The third kappa shape index (κ3) is 3.35. The predicted octanol–water partition coefficient (Wildman–Crippen LogP) is 3.51. The van der Waals surface area contributed by atoms with Crippen molar-refractivity contribution in [1.29, 1.82) is 0 Å². The first-order valence-corrected chi connectivity index (χ1v) is 11.9. The van der Waals surface area contributed by atoms with E-state index in [1.807, 2.05) is 24.3 Å². The summed E-state index contributed by atoms with van der Waals surface area (Å²) in [5.74, 6) is -0.545. The molecule has 2 aromatic rings. The van der Waals surface area contributed by atoms with Crippen LogP contribution in [-0.2, 0) is 25.1 Å². The first kappa shape index (κ1) is 20.2. The Balaban J connectivity index is 1.33. The van der Waals surface area contributed by atoms with Gasteiger partial charge >= 0.3 is 12.1 Å². The van der Waals surface area contributed by atoms with E-state index in [4.69, 9.17) is 9.47 Å². The number of hydrogen-bond acceptors (Lipinski definition) is 5. The second kappa shape index (κ2) is 7.79. The molecule has 2 heterocycles. The van der Waals surface area contributed by atoms with Crippen LogP contribution in [0.2, 0.25) is 0 Å². The highest BCUT2D eigenvalue weighted by molar-refractivity contribution is 7.86. The molecule has 31 heavy (non-hydrogen) atoms. The fourth-order valence-corrected chi connectivity index (χ4v) is 7.63. The summed E-state index contributed by atoms with van der Waals surface area (Å²) >= 11 is 0. The molecule has 0 saturated carbocycles. The molecule has 0 spiro atoms. The smallest absolute Gasteiger partial charge is 0.408 e. The molecule has 2 unspecified atom stereocenters. The van der Waals surface area contributed by atoms with Crippen molar-refractivity contribution in [3.8, 4) is 11.1 Å². The Kier molecular flexibility index (Phi) is 5.08. The van der Waals surface area contributed by atoms with Gasteiger partial charge in [-0.15, -0.1) is 0 Å². The highest BCUT2D eigenvalue weighted by Gasteiger charge is 2.54. The van der Waals surface area contributed by atoms with Crippen LogP contribution in [0.15, 0.2) is 48.5 Å². The van der Waals surface area contributed by atoms with Gasteiger partial charge in [0.25, 0.3) is 0 Å². The number of amides is 1. The average molecular weight is 440 g/mol. The molecule has 2 atom stereocenters. The summed E-state index contributed by atoms with van der Waals surface area (Å²) in [7, 11) is 0.363. The van der Waals surface area contributed by atoms with E-state index in [1.54, 1.807) is 0 Å². The van der Waals surface area contributed by atoms with E-state index in [2.05, 4.69) is 29.6 Å². The van der Waals surface area contributed by atoms with Crippen molar-refractivity contribution < 1.29 is 23.3 Å². The van der Waals surface area contributed by atoms with Gasteiger partial charge in [-0.1, -0.05) is 48.5 Å². The molecule has 3 aliphatic rings. The molecular weight excluding hydrogens is 414 g/mol. The summed E-state index contributed by atoms with van der Waals surface area (Å²) in [5, 5.41) is 2.62. The lowest BCUT2D eigenvalue weighted by atomic mass is 9.89. The van der Waals surface area contributed by atoms with Crippen LogP contribution in [0.4, 0.5) is 4.79 Å². The highest BCUT2D eigenvalue weighted by Crippen LogP contribution is 2.45. The maximum Gasteiger partial charge on any atom is 0.408 e. The van der Waals surface area contributed by atoms with Crippen molar-refractivity contribution in [2.75, 3.05) is 13.7 Å². The summed E-state index contributed by atoms with van der Waals surface area (Å²) in [4.78, 5) is 25.5. The minimum atomic E-state index is -1.17. The number of ether oxygens (including phenoxy) is 2. The Morgan fingerprint density at radius 3 is 2.10 bits per heavy atom. The zero-order valence-corrected chi connectivity index (χ0v) is 18.2. The number of esters is 1. The Labute approximate surface area is 183 Å². The number of nitrogens with one attached hydrogen (secondary N) is 1. The monoisotopic (exact) mass is 439 g/mol. The molecule has 2 aliphatic heterocycles. The van der Waals surface area contributed by atoms with Crippen LogP contribution < -0.4 is 5.32 Å². The first-order chi connectivity index (χ1) is 15.0. The molecule has 162 valence electrons. The average Bonchev–Trinajstić information content (AvgIpc) is 3.20. The third-order valence-corrected chi connectivity index (χ3v) is 9.00. The van der Waals surface area contributed by atoms with Gasteiger partial charge in [0, 0.05) is 27.2 Å². The number of hydrogen-bond donors (Lipinski definition) is 1. The lowest BCUT2D eigenvalue weighted by Gasteiger charge is -2.37.